The molecule has 1 amide bonds. The van der Waals surface area contributed by atoms with Crippen LogP contribution in [0.3, 0.4) is 0 Å². The molecule has 4 aliphatic rings. The lowest BCUT2D eigenvalue weighted by molar-refractivity contribution is -0.139. The molecular weight excluding hydrogens is 534 g/mol. The zero-order chi connectivity index (χ0) is 26.3. The molecule has 0 radical (unpaired) electrons. The molecule has 2 aromatic rings. The topological polar surface area (TPSA) is 79.0 Å². The first-order valence-corrected chi connectivity index (χ1v) is 15.7. The van der Waals surface area contributed by atoms with E-state index >= 15 is 0 Å². The molecule has 1 spiro atoms. The molecule has 3 aliphatic heterocycles. The van der Waals surface area contributed by atoms with Gasteiger partial charge < -0.3 is 15.0 Å². The minimum absolute atomic E-state index is 0. The molecule has 6 rings (SSSR count). The van der Waals surface area contributed by atoms with Crippen LogP contribution in [0.1, 0.15) is 49.1 Å². The number of methoxy groups -OCH3 is 1. The van der Waals surface area contributed by atoms with Crippen molar-refractivity contribution >= 4 is 28.2 Å². The monoisotopic (exact) mass is 573 g/mol. The Morgan fingerprint density at radius 1 is 0.974 bits per heavy atom. The smallest absolute Gasteiger partial charge is 0.229 e. The fraction of sp³-hybridized carbons (Fsp3) is 0.567. The van der Waals surface area contributed by atoms with Crippen molar-refractivity contribution in [3.63, 3.8) is 0 Å². The normalized spacial score (nSPS) is 26.0. The number of halogens is 1. The average molecular weight is 574 g/mol. The van der Waals surface area contributed by atoms with Gasteiger partial charge in [0.05, 0.1) is 17.8 Å². The summed E-state index contributed by atoms with van der Waals surface area (Å²) in [5.41, 5.74) is 1.96. The molecule has 1 N–H and O–H groups in total. The molecular formula is C30H40ClN3O4S. The number of carbonyl (C=O) groups is 1. The van der Waals surface area contributed by atoms with Gasteiger partial charge in [-0.25, -0.2) is 8.42 Å². The first-order chi connectivity index (χ1) is 18.4. The molecule has 1 saturated carbocycles. The van der Waals surface area contributed by atoms with Crippen LogP contribution in [0.5, 0.6) is 5.75 Å². The molecule has 39 heavy (non-hydrogen) atoms. The summed E-state index contributed by atoms with van der Waals surface area (Å²) in [4.78, 5) is 17.9. The second kappa shape index (κ2) is 11.4. The third-order valence-electron chi connectivity index (χ3n) is 9.43. The van der Waals surface area contributed by atoms with Gasteiger partial charge in [-0.15, -0.1) is 12.4 Å². The first kappa shape index (κ1) is 28.4. The molecule has 3 saturated heterocycles. The van der Waals surface area contributed by atoms with Crippen LogP contribution in [0.4, 0.5) is 0 Å². The van der Waals surface area contributed by atoms with E-state index in [1.165, 1.54) is 5.56 Å². The van der Waals surface area contributed by atoms with Gasteiger partial charge in [0.25, 0.3) is 0 Å². The van der Waals surface area contributed by atoms with E-state index in [-0.39, 0.29) is 40.8 Å². The number of likely N-dealkylation sites (tertiary alicyclic amines) is 2. The lowest BCUT2D eigenvalue weighted by Crippen LogP contribution is -2.54. The number of nitrogens with zero attached hydrogens (tertiary/aromatic N) is 2. The van der Waals surface area contributed by atoms with E-state index in [9.17, 15) is 13.2 Å². The van der Waals surface area contributed by atoms with Gasteiger partial charge in [-0.2, -0.15) is 0 Å². The summed E-state index contributed by atoms with van der Waals surface area (Å²) in [6.45, 7) is 4.22. The fourth-order valence-corrected chi connectivity index (χ4v) is 9.63. The van der Waals surface area contributed by atoms with E-state index < -0.39 is 15.2 Å². The maximum atomic E-state index is 13.9. The van der Waals surface area contributed by atoms with Crippen molar-refractivity contribution in [2.24, 2.45) is 11.3 Å². The van der Waals surface area contributed by atoms with Crippen molar-refractivity contribution in [1.82, 2.24) is 15.1 Å². The Labute approximate surface area is 238 Å². The van der Waals surface area contributed by atoms with Crippen molar-refractivity contribution in [2.45, 2.75) is 55.2 Å². The van der Waals surface area contributed by atoms with Gasteiger partial charge in [0.1, 0.15) is 11.1 Å². The number of sulfone groups is 1. The lowest BCUT2D eigenvalue weighted by Gasteiger charge is -2.44. The van der Waals surface area contributed by atoms with Crippen LogP contribution in [-0.4, -0.2) is 74.6 Å². The summed E-state index contributed by atoms with van der Waals surface area (Å²) >= 11 is 0. The SMILES string of the molecule is COc1ccc(CN2CCC3(CCN(C([C@@H]4CNC[C@@H]4c4ccccc4)S(=O)(=O)C4CC4)CC3)C2=O)cc1.Cl. The molecule has 1 unspecified atom stereocenters. The second-order valence-electron chi connectivity index (χ2n) is 11.7. The van der Waals surface area contributed by atoms with Crippen LogP contribution < -0.4 is 10.1 Å². The van der Waals surface area contributed by atoms with E-state index in [2.05, 4.69) is 22.3 Å². The zero-order valence-corrected chi connectivity index (χ0v) is 24.3. The van der Waals surface area contributed by atoms with Crippen molar-refractivity contribution in [3.05, 3.63) is 65.7 Å². The average Bonchev–Trinajstić information content (AvgIpc) is 3.65. The molecule has 0 aromatic heterocycles. The molecule has 3 atom stereocenters. The molecule has 212 valence electrons. The largest absolute Gasteiger partial charge is 0.497 e. The number of ether oxygens (including phenoxy) is 1. The maximum Gasteiger partial charge on any atom is 0.229 e. The highest BCUT2D eigenvalue weighted by atomic mass is 35.5. The Kier molecular flexibility index (Phi) is 8.30. The van der Waals surface area contributed by atoms with Crippen molar-refractivity contribution in [3.8, 4) is 5.75 Å². The van der Waals surface area contributed by atoms with Crippen LogP contribution in [0.15, 0.2) is 54.6 Å². The number of nitrogens with one attached hydrogen (secondary N) is 1. The second-order valence-corrected chi connectivity index (χ2v) is 14.0. The molecule has 1 aliphatic carbocycles. The van der Waals surface area contributed by atoms with Gasteiger partial charge >= 0.3 is 0 Å². The molecule has 0 bridgehead atoms. The number of carbonyl (C=O) groups excluding carboxylic acids is 1. The van der Waals surface area contributed by atoms with Crippen LogP contribution in [0, 0.1) is 11.3 Å². The summed E-state index contributed by atoms with van der Waals surface area (Å²) in [6, 6.07) is 18.3. The highest BCUT2D eigenvalue weighted by Gasteiger charge is 2.54. The number of hydrogen-bond donors (Lipinski definition) is 1. The van der Waals surface area contributed by atoms with Crippen molar-refractivity contribution in [2.75, 3.05) is 39.8 Å². The van der Waals surface area contributed by atoms with Gasteiger partial charge in [0.15, 0.2) is 9.84 Å². The third-order valence-corrected chi connectivity index (χ3v) is 12.2. The van der Waals surface area contributed by atoms with Gasteiger partial charge in [-0.05, 0) is 55.4 Å². The Morgan fingerprint density at radius 3 is 2.28 bits per heavy atom. The van der Waals surface area contributed by atoms with Crippen LogP contribution in [-0.2, 0) is 21.2 Å². The zero-order valence-electron chi connectivity index (χ0n) is 22.6. The first-order valence-electron chi connectivity index (χ1n) is 14.1. The van der Waals surface area contributed by atoms with Crippen LogP contribution >= 0.6 is 12.4 Å². The summed E-state index contributed by atoms with van der Waals surface area (Å²) in [7, 11) is -1.62. The summed E-state index contributed by atoms with van der Waals surface area (Å²) in [6.07, 6.45) is 3.89. The molecule has 4 fully saturated rings. The van der Waals surface area contributed by atoms with Gasteiger partial charge in [-0.1, -0.05) is 42.5 Å². The van der Waals surface area contributed by atoms with E-state index in [0.717, 1.165) is 56.5 Å². The van der Waals surface area contributed by atoms with Crippen molar-refractivity contribution in [1.29, 1.82) is 0 Å². The highest BCUT2D eigenvalue weighted by molar-refractivity contribution is 7.92. The highest BCUT2D eigenvalue weighted by Crippen LogP contribution is 2.46. The molecule has 2 aromatic carbocycles. The molecule has 9 heteroatoms. The van der Waals surface area contributed by atoms with E-state index in [1.54, 1.807) is 7.11 Å². The quantitative estimate of drug-likeness (QED) is 0.517. The predicted octanol–water partition coefficient (Wildman–Crippen LogP) is 3.84. The molecule has 3 heterocycles. The standard InChI is InChI=1S/C30H39N3O4S.ClH/c1-37-24-9-7-22(8-10-24)21-33-18-15-30(29(33)34)13-16-32(17-14-30)28(38(35,36)25-11-12-25)27-20-31-19-26(27)23-5-3-2-4-6-23;/h2-10,25-28,31H,11-21H2,1H3;1H/t26-,27-,28?;/m1./s1. The van der Waals surface area contributed by atoms with E-state index in [4.69, 9.17) is 4.74 Å². The predicted molar refractivity (Wildman–Crippen MR) is 155 cm³/mol. The number of piperidine rings is 1. The minimum atomic E-state index is -3.28. The number of rotatable bonds is 8. The Hall–Kier alpha value is -2.13. The maximum absolute atomic E-state index is 13.9. The third kappa shape index (κ3) is 5.45. The summed E-state index contributed by atoms with van der Waals surface area (Å²) < 4.78 is 33.0. The Balaban J connectivity index is 0.00000308. The van der Waals surface area contributed by atoms with E-state index in [0.29, 0.717) is 26.2 Å². The van der Waals surface area contributed by atoms with Crippen molar-refractivity contribution < 1.29 is 17.9 Å². The van der Waals surface area contributed by atoms with Crippen LogP contribution in [0.2, 0.25) is 0 Å². The Bertz CT molecular complexity index is 1240. The van der Waals surface area contributed by atoms with Gasteiger partial charge in [-0.3, -0.25) is 9.69 Å². The number of hydrogen-bond acceptors (Lipinski definition) is 6. The number of amides is 1. The number of benzene rings is 2. The summed E-state index contributed by atoms with van der Waals surface area (Å²) in [5, 5.41) is 2.82. The fourth-order valence-electron chi connectivity index (χ4n) is 7.05. The van der Waals surface area contributed by atoms with Crippen LogP contribution in [0.25, 0.3) is 0 Å². The van der Waals surface area contributed by atoms with E-state index in [1.807, 2.05) is 47.4 Å². The lowest BCUT2D eigenvalue weighted by atomic mass is 9.76. The van der Waals surface area contributed by atoms with Gasteiger partial charge in [0.2, 0.25) is 5.91 Å². The minimum Gasteiger partial charge on any atom is -0.497 e. The summed E-state index contributed by atoms with van der Waals surface area (Å²) in [5.74, 6) is 1.24. The molecule has 7 nitrogen and oxygen atoms in total. The Morgan fingerprint density at radius 2 is 1.64 bits per heavy atom. The van der Waals surface area contributed by atoms with Gasteiger partial charge in [0, 0.05) is 51.1 Å².